The van der Waals surface area contributed by atoms with E-state index < -0.39 is 0 Å². The van der Waals surface area contributed by atoms with Gasteiger partial charge in [0.2, 0.25) is 0 Å². The molecule has 0 radical (unpaired) electrons. The van der Waals surface area contributed by atoms with Gasteiger partial charge >= 0.3 is 0 Å². The van der Waals surface area contributed by atoms with Crippen molar-refractivity contribution in [3.63, 3.8) is 0 Å². The van der Waals surface area contributed by atoms with Crippen molar-refractivity contribution in [2.75, 3.05) is 6.54 Å². The molecule has 76 valence electrons. The van der Waals surface area contributed by atoms with Crippen LogP contribution in [-0.2, 0) is 0 Å². The monoisotopic (exact) mass is 213 g/mol. The maximum Gasteiger partial charge on any atom is 0.130 e. The molecule has 0 saturated carbocycles. The summed E-state index contributed by atoms with van der Waals surface area (Å²) in [7, 11) is 0. The summed E-state index contributed by atoms with van der Waals surface area (Å²) >= 11 is 5.78. The van der Waals surface area contributed by atoms with Gasteiger partial charge in [-0.2, -0.15) is 0 Å². The zero-order valence-electron chi connectivity index (χ0n) is 8.06. The van der Waals surface area contributed by atoms with Crippen LogP contribution in [0.15, 0.2) is 24.3 Å². The smallest absolute Gasteiger partial charge is 0.130 e. The molecule has 0 aliphatic rings. The normalized spacial score (nSPS) is 11.9. The predicted molar refractivity (Wildman–Crippen MR) is 58.7 cm³/mol. The summed E-state index contributed by atoms with van der Waals surface area (Å²) in [4.78, 5) is 0. The van der Waals surface area contributed by atoms with Crippen molar-refractivity contribution < 1.29 is 4.39 Å². The van der Waals surface area contributed by atoms with Gasteiger partial charge in [0.1, 0.15) is 5.82 Å². The molecule has 1 rings (SSSR count). The largest absolute Gasteiger partial charge is 0.330 e. The molecule has 0 amide bonds. The second-order valence-electron chi connectivity index (χ2n) is 3.09. The van der Waals surface area contributed by atoms with Crippen molar-refractivity contribution in [3.8, 4) is 0 Å². The Bertz CT molecular complexity index is 347. The lowest BCUT2D eigenvalue weighted by Gasteiger charge is -2.03. The molecule has 0 aromatic heterocycles. The highest BCUT2D eigenvalue weighted by atomic mass is 35.5. The third-order valence-electron chi connectivity index (χ3n) is 1.97. The Morgan fingerprint density at radius 2 is 2.29 bits per heavy atom. The van der Waals surface area contributed by atoms with Crippen LogP contribution in [0.2, 0.25) is 5.02 Å². The molecule has 2 N–H and O–H groups in total. The fourth-order valence-electron chi connectivity index (χ4n) is 1.21. The van der Waals surface area contributed by atoms with Gasteiger partial charge in [-0.25, -0.2) is 4.39 Å². The van der Waals surface area contributed by atoms with Gasteiger partial charge in [0, 0.05) is 10.6 Å². The Labute approximate surface area is 88.4 Å². The van der Waals surface area contributed by atoms with Crippen LogP contribution in [-0.4, -0.2) is 6.54 Å². The van der Waals surface area contributed by atoms with Crippen LogP contribution >= 0.6 is 11.6 Å². The lowest BCUT2D eigenvalue weighted by molar-refractivity contribution is 0.624. The van der Waals surface area contributed by atoms with Crippen LogP contribution in [0.3, 0.4) is 0 Å². The van der Waals surface area contributed by atoms with Crippen LogP contribution < -0.4 is 5.73 Å². The Hall–Kier alpha value is -0.860. The molecule has 3 heteroatoms. The van der Waals surface area contributed by atoms with E-state index in [0.717, 1.165) is 12.0 Å². The van der Waals surface area contributed by atoms with E-state index in [9.17, 15) is 4.39 Å². The van der Waals surface area contributed by atoms with Crippen LogP contribution in [0.25, 0.3) is 5.57 Å². The summed E-state index contributed by atoms with van der Waals surface area (Å²) in [6.45, 7) is 2.42. The molecule has 0 aliphatic heterocycles. The minimum absolute atomic E-state index is 0.250. The number of hydrogen-bond donors (Lipinski definition) is 1. The molecular weight excluding hydrogens is 201 g/mol. The molecule has 0 aliphatic carbocycles. The Morgan fingerprint density at radius 3 is 2.93 bits per heavy atom. The Balaban J connectivity index is 2.99. The predicted octanol–water partition coefficient (Wildman–Crippen LogP) is 3.23. The number of halogens is 2. The van der Waals surface area contributed by atoms with Crippen LogP contribution in [0.4, 0.5) is 4.39 Å². The number of allylic oxidation sites excluding steroid dienone is 1. The summed E-state index contributed by atoms with van der Waals surface area (Å²) in [6, 6.07) is 4.54. The molecule has 1 nitrogen and oxygen atoms in total. The molecule has 14 heavy (non-hydrogen) atoms. The van der Waals surface area contributed by atoms with E-state index in [2.05, 4.69) is 0 Å². The van der Waals surface area contributed by atoms with E-state index in [0.29, 0.717) is 17.1 Å². The fourth-order valence-corrected chi connectivity index (χ4v) is 1.38. The van der Waals surface area contributed by atoms with Gasteiger partial charge in [0.15, 0.2) is 0 Å². The number of rotatable bonds is 3. The van der Waals surface area contributed by atoms with E-state index in [4.69, 9.17) is 17.3 Å². The highest BCUT2D eigenvalue weighted by Gasteiger charge is 2.03. The molecule has 1 aromatic rings. The average molecular weight is 214 g/mol. The van der Waals surface area contributed by atoms with Gasteiger partial charge in [-0.15, -0.1) is 0 Å². The SMILES string of the molecule is C/C(=C/CCN)c1cc(Cl)ccc1F. The molecule has 0 spiro atoms. The molecule has 0 unspecified atom stereocenters. The fraction of sp³-hybridized carbons (Fsp3) is 0.273. The standard InChI is InChI=1S/C11H13ClFN/c1-8(3-2-6-14)10-7-9(12)4-5-11(10)13/h3-5,7H,2,6,14H2,1H3/b8-3-. The number of hydrogen-bond acceptors (Lipinski definition) is 1. The number of benzene rings is 1. The van der Waals surface area contributed by atoms with Gasteiger partial charge in [0.25, 0.3) is 0 Å². The zero-order valence-corrected chi connectivity index (χ0v) is 8.81. The van der Waals surface area contributed by atoms with Crippen molar-refractivity contribution in [1.82, 2.24) is 0 Å². The summed E-state index contributed by atoms with van der Waals surface area (Å²) in [5.74, 6) is -0.250. The molecule has 0 saturated heterocycles. The summed E-state index contributed by atoms with van der Waals surface area (Å²) in [5.41, 5.74) is 6.78. The Morgan fingerprint density at radius 1 is 1.57 bits per heavy atom. The first-order valence-electron chi connectivity index (χ1n) is 4.47. The summed E-state index contributed by atoms with van der Waals surface area (Å²) in [6.07, 6.45) is 2.66. The highest BCUT2D eigenvalue weighted by Crippen LogP contribution is 2.22. The number of nitrogens with two attached hydrogens (primary N) is 1. The topological polar surface area (TPSA) is 26.0 Å². The first-order valence-corrected chi connectivity index (χ1v) is 4.85. The highest BCUT2D eigenvalue weighted by molar-refractivity contribution is 6.30. The van der Waals surface area contributed by atoms with E-state index in [1.54, 1.807) is 6.07 Å². The lowest BCUT2D eigenvalue weighted by atomic mass is 10.1. The first-order chi connectivity index (χ1) is 6.65. The van der Waals surface area contributed by atoms with E-state index >= 15 is 0 Å². The third kappa shape index (κ3) is 2.82. The maximum atomic E-state index is 13.3. The van der Waals surface area contributed by atoms with Crippen molar-refractivity contribution in [1.29, 1.82) is 0 Å². The van der Waals surface area contributed by atoms with Crippen molar-refractivity contribution >= 4 is 17.2 Å². The second kappa shape index (κ2) is 5.13. The average Bonchev–Trinajstić information content (AvgIpc) is 2.18. The molecule has 1 aromatic carbocycles. The van der Waals surface area contributed by atoms with Gasteiger partial charge in [-0.05, 0) is 43.7 Å². The molecule has 0 heterocycles. The first kappa shape index (κ1) is 11.2. The van der Waals surface area contributed by atoms with E-state index in [1.807, 2.05) is 13.0 Å². The van der Waals surface area contributed by atoms with E-state index in [-0.39, 0.29) is 5.82 Å². The lowest BCUT2D eigenvalue weighted by Crippen LogP contribution is -1.96. The van der Waals surface area contributed by atoms with Gasteiger partial charge < -0.3 is 5.73 Å². The summed E-state index contributed by atoms with van der Waals surface area (Å²) < 4.78 is 13.3. The van der Waals surface area contributed by atoms with Crippen LogP contribution in [0, 0.1) is 5.82 Å². The van der Waals surface area contributed by atoms with Crippen LogP contribution in [0.1, 0.15) is 18.9 Å². The van der Waals surface area contributed by atoms with Crippen molar-refractivity contribution in [2.24, 2.45) is 5.73 Å². The van der Waals surface area contributed by atoms with Crippen molar-refractivity contribution in [3.05, 3.63) is 40.7 Å². The zero-order chi connectivity index (χ0) is 10.6. The third-order valence-corrected chi connectivity index (χ3v) is 2.21. The van der Waals surface area contributed by atoms with Crippen molar-refractivity contribution in [2.45, 2.75) is 13.3 Å². The molecule has 0 bridgehead atoms. The van der Waals surface area contributed by atoms with Gasteiger partial charge in [0.05, 0.1) is 0 Å². The minimum atomic E-state index is -0.250. The minimum Gasteiger partial charge on any atom is -0.330 e. The molecule has 0 fully saturated rings. The Kier molecular flexibility index (Phi) is 4.11. The van der Waals surface area contributed by atoms with Crippen LogP contribution in [0.5, 0.6) is 0 Å². The molecule has 0 atom stereocenters. The maximum absolute atomic E-state index is 13.3. The molecular formula is C11H13ClFN. The quantitative estimate of drug-likeness (QED) is 0.820. The second-order valence-corrected chi connectivity index (χ2v) is 3.53. The van der Waals surface area contributed by atoms with E-state index in [1.165, 1.54) is 12.1 Å². The van der Waals surface area contributed by atoms with Gasteiger partial charge in [-0.3, -0.25) is 0 Å². The summed E-state index contributed by atoms with van der Waals surface area (Å²) in [5, 5.41) is 0.543. The van der Waals surface area contributed by atoms with Gasteiger partial charge in [-0.1, -0.05) is 17.7 Å².